The lowest BCUT2D eigenvalue weighted by Crippen LogP contribution is -1.92. The van der Waals surface area contributed by atoms with Gasteiger partial charge >= 0.3 is 0 Å². The maximum atomic E-state index is 5.78. The van der Waals surface area contributed by atoms with E-state index in [0.29, 0.717) is 5.69 Å². The van der Waals surface area contributed by atoms with Crippen LogP contribution < -0.4 is 5.73 Å². The maximum absolute atomic E-state index is 5.78. The molecule has 0 aliphatic carbocycles. The number of hydrogen-bond acceptors (Lipinski definition) is 5. The van der Waals surface area contributed by atoms with Crippen LogP contribution in [0.15, 0.2) is 45.4 Å². The first kappa shape index (κ1) is 10.4. The SMILES string of the molecule is Nc1cccnc1Sc1ncncc1Br. The molecule has 2 heterocycles. The highest BCUT2D eigenvalue weighted by molar-refractivity contribution is 9.10. The smallest absolute Gasteiger partial charge is 0.125 e. The molecule has 0 aliphatic heterocycles. The minimum atomic E-state index is 0.646. The summed E-state index contributed by atoms with van der Waals surface area (Å²) in [7, 11) is 0. The minimum absolute atomic E-state index is 0.646. The summed E-state index contributed by atoms with van der Waals surface area (Å²) in [4.78, 5) is 12.2. The van der Waals surface area contributed by atoms with E-state index >= 15 is 0 Å². The van der Waals surface area contributed by atoms with Crippen molar-refractivity contribution in [3.63, 3.8) is 0 Å². The van der Waals surface area contributed by atoms with Crippen LogP contribution in [0.2, 0.25) is 0 Å². The van der Waals surface area contributed by atoms with E-state index in [-0.39, 0.29) is 0 Å². The van der Waals surface area contributed by atoms with Gasteiger partial charge in [0.25, 0.3) is 0 Å². The molecule has 0 aromatic carbocycles. The van der Waals surface area contributed by atoms with Gasteiger partial charge in [0.15, 0.2) is 0 Å². The van der Waals surface area contributed by atoms with E-state index in [1.54, 1.807) is 18.5 Å². The van der Waals surface area contributed by atoms with Gasteiger partial charge < -0.3 is 5.73 Å². The first-order valence-electron chi connectivity index (χ1n) is 4.11. The Balaban J connectivity index is 2.30. The Kier molecular flexibility index (Phi) is 3.17. The number of nitrogens with zero attached hydrogens (tertiary/aromatic N) is 3. The summed E-state index contributed by atoms with van der Waals surface area (Å²) in [6, 6.07) is 3.61. The number of pyridine rings is 1. The van der Waals surface area contributed by atoms with Crippen LogP contribution in [0.1, 0.15) is 0 Å². The number of halogens is 1. The van der Waals surface area contributed by atoms with E-state index in [0.717, 1.165) is 14.5 Å². The van der Waals surface area contributed by atoms with Gasteiger partial charge in [0.05, 0.1) is 10.2 Å². The Morgan fingerprint density at radius 2 is 2.13 bits per heavy atom. The molecule has 0 saturated heterocycles. The molecule has 0 bridgehead atoms. The second kappa shape index (κ2) is 4.59. The molecule has 0 fully saturated rings. The first-order chi connectivity index (χ1) is 7.27. The second-order valence-corrected chi connectivity index (χ2v) is 4.51. The Morgan fingerprint density at radius 3 is 2.87 bits per heavy atom. The van der Waals surface area contributed by atoms with E-state index in [1.807, 2.05) is 6.07 Å². The van der Waals surface area contributed by atoms with Gasteiger partial charge in [-0.15, -0.1) is 0 Å². The van der Waals surface area contributed by atoms with E-state index in [1.165, 1.54) is 18.1 Å². The fraction of sp³-hybridized carbons (Fsp3) is 0. The van der Waals surface area contributed by atoms with Crippen molar-refractivity contribution < 1.29 is 0 Å². The Labute approximate surface area is 99.5 Å². The van der Waals surface area contributed by atoms with E-state index < -0.39 is 0 Å². The lowest BCUT2D eigenvalue weighted by Gasteiger charge is -2.03. The van der Waals surface area contributed by atoms with Crippen LogP contribution in [0.3, 0.4) is 0 Å². The van der Waals surface area contributed by atoms with E-state index in [4.69, 9.17) is 5.73 Å². The third-order valence-corrected chi connectivity index (χ3v) is 3.52. The zero-order chi connectivity index (χ0) is 10.7. The summed E-state index contributed by atoms with van der Waals surface area (Å²) >= 11 is 4.77. The third kappa shape index (κ3) is 2.45. The molecule has 0 saturated carbocycles. The van der Waals surface area contributed by atoms with Crippen molar-refractivity contribution in [3.05, 3.63) is 35.3 Å². The highest BCUT2D eigenvalue weighted by Gasteiger charge is 2.06. The van der Waals surface area contributed by atoms with Crippen LogP contribution in [-0.4, -0.2) is 15.0 Å². The fourth-order valence-electron chi connectivity index (χ4n) is 0.957. The molecule has 0 atom stereocenters. The average Bonchev–Trinajstić information content (AvgIpc) is 2.24. The van der Waals surface area contributed by atoms with Gasteiger partial charge in [0.2, 0.25) is 0 Å². The lowest BCUT2D eigenvalue weighted by atomic mass is 10.4. The van der Waals surface area contributed by atoms with Gasteiger partial charge in [-0.05, 0) is 39.8 Å². The van der Waals surface area contributed by atoms with Crippen molar-refractivity contribution in [1.29, 1.82) is 0 Å². The predicted octanol–water partition coefficient (Wildman–Crippen LogP) is 2.37. The van der Waals surface area contributed by atoms with Crippen LogP contribution in [0, 0.1) is 0 Å². The molecule has 0 unspecified atom stereocenters. The molecule has 2 N–H and O–H groups in total. The number of hydrogen-bond donors (Lipinski definition) is 1. The number of rotatable bonds is 2. The van der Waals surface area contributed by atoms with Crippen molar-refractivity contribution in [2.45, 2.75) is 10.1 Å². The number of anilines is 1. The van der Waals surface area contributed by atoms with Gasteiger partial charge in [-0.2, -0.15) is 0 Å². The molecule has 2 aromatic heterocycles. The van der Waals surface area contributed by atoms with Gasteiger partial charge in [0.1, 0.15) is 16.4 Å². The zero-order valence-electron chi connectivity index (χ0n) is 7.59. The Bertz CT molecular complexity index is 434. The van der Waals surface area contributed by atoms with E-state index in [9.17, 15) is 0 Å². The molecule has 2 rings (SSSR count). The van der Waals surface area contributed by atoms with Crippen molar-refractivity contribution in [2.24, 2.45) is 0 Å². The van der Waals surface area contributed by atoms with Gasteiger partial charge in [0, 0.05) is 12.4 Å². The lowest BCUT2D eigenvalue weighted by molar-refractivity contribution is 1.02. The second-order valence-electron chi connectivity index (χ2n) is 2.68. The highest BCUT2D eigenvalue weighted by atomic mass is 79.9. The summed E-state index contributed by atoms with van der Waals surface area (Å²) in [6.45, 7) is 0. The molecule has 76 valence electrons. The standard InChI is InChI=1S/C9H7BrN4S/c10-6-4-12-5-14-8(6)15-9-7(11)2-1-3-13-9/h1-5H,11H2. The van der Waals surface area contributed by atoms with Gasteiger partial charge in [-0.25, -0.2) is 15.0 Å². The first-order valence-corrected chi connectivity index (χ1v) is 5.72. The molecule has 0 radical (unpaired) electrons. The van der Waals surface area contributed by atoms with Crippen LogP contribution in [0.25, 0.3) is 0 Å². The Morgan fingerprint density at radius 1 is 1.27 bits per heavy atom. The predicted molar refractivity (Wildman–Crippen MR) is 62.5 cm³/mol. The summed E-state index contributed by atoms with van der Waals surface area (Å²) in [5, 5.41) is 1.55. The van der Waals surface area contributed by atoms with Crippen molar-refractivity contribution in [2.75, 3.05) is 5.73 Å². The minimum Gasteiger partial charge on any atom is -0.397 e. The van der Waals surface area contributed by atoms with Gasteiger partial charge in [-0.1, -0.05) is 0 Å². The largest absolute Gasteiger partial charge is 0.397 e. The molecule has 6 heteroatoms. The normalized spacial score (nSPS) is 10.2. The van der Waals surface area contributed by atoms with Crippen LogP contribution in [0.4, 0.5) is 5.69 Å². The van der Waals surface area contributed by atoms with Crippen LogP contribution in [-0.2, 0) is 0 Å². The zero-order valence-corrected chi connectivity index (χ0v) is 9.99. The molecule has 4 nitrogen and oxygen atoms in total. The van der Waals surface area contributed by atoms with Crippen molar-refractivity contribution >= 4 is 33.4 Å². The Hall–Kier alpha value is -1.14. The van der Waals surface area contributed by atoms with E-state index in [2.05, 4.69) is 30.9 Å². The monoisotopic (exact) mass is 282 g/mol. The molecule has 0 amide bonds. The summed E-state index contributed by atoms with van der Waals surface area (Å²) < 4.78 is 0.833. The summed E-state index contributed by atoms with van der Waals surface area (Å²) in [5.41, 5.74) is 6.42. The molecule has 2 aromatic rings. The summed E-state index contributed by atoms with van der Waals surface area (Å²) in [5.74, 6) is 0. The topological polar surface area (TPSA) is 64.7 Å². The van der Waals surface area contributed by atoms with Crippen LogP contribution >= 0.6 is 27.7 Å². The van der Waals surface area contributed by atoms with Crippen molar-refractivity contribution in [3.8, 4) is 0 Å². The average molecular weight is 283 g/mol. The number of aromatic nitrogens is 3. The molecular formula is C9H7BrN4S. The molecule has 0 spiro atoms. The maximum Gasteiger partial charge on any atom is 0.125 e. The number of nitrogen functional groups attached to an aromatic ring is 1. The molecular weight excluding hydrogens is 276 g/mol. The van der Waals surface area contributed by atoms with Gasteiger partial charge in [-0.3, -0.25) is 0 Å². The molecule has 0 aliphatic rings. The summed E-state index contributed by atoms with van der Waals surface area (Å²) in [6.07, 6.45) is 4.88. The fourth-order valence-corrected chi connectivity index (χ4v) is 2.15. The quantitative estimate of drug-likeness (QED) is 0.857. The van der Waals surface area contributed by atoms with Crippen molar-refractivity contribution in [1.82, 2.24) is 15.0 Å². The van der Waals surface area contributed by atoms with Crippen LogP contribution in [0.5, 0.6) is 0 Å². The molecule has 15 heavy (non-hydrogen) atoms. The highest BCUT2D eigenvalue weighted by Crippen LogP contribution is 2.32. The third-order valence-electron chi connectivity index (χ3n) is 1.63. The number of nitrogens with two attached hydrogens (primary N) is 1.